The molecular formula is C15H19ClF3N. The Morgan fingerprint density at radius 1 is 1.25 bits per heavy atom. The number of nitrogens with one attached hydrogen (secondary N) is 1. The van der Waals surface area contributed by atoms with E-state index in [1.54, 1.807) is 0 Å². The molecule has 1 fully saturated rings. The Morgan fingerprint density at radius 3 is 2.55 bits per heavy atom. The standard InChI is InChI=1S/C15H19ClF3N/c1-14(2)8-4-3-5-13(14)20-12-9-10(15(17,18)19)6-7-11(12)16/h6-7,9,13,20H,3-5,8H2,1-2H3. The van der Waals surface area contributed by atoms with Crippen molar-refractivity contribution < 1.29 is 13.2 Å². The third-order valence-corrected chi connectivity index (χ3v) is 4.46. The topological polar surface area (TPSA) is 12.0 Å². The molecule has 0 heterocycles. The molecule has 5 heteroatoms. The summed E-state index contributed by atoms with van der Waals surface area (Å²) in [7, 11) is 0. The maximum Gasteiger partial charge on any atom is 0.416 e. The van der Waals surface area contributed by atoms with E-state index >= 15 is 0 Å². The average Bonchev–Trinajstić information content (AvgIpc) is 2.32. The molecule has 0 amide bonds. The molecule has 2 rings (SSSR count). The molecule has 1 unspecified atom stereocenters. The maximum atomic E-state index is 12.8. The van der Waals surface area contributed by atoms with Crippen LogP contribution in [0.5, 0.6) is 0 Å². The first-order chi connectivity index (χ1) is 9.20. The molecule has 1 aromatic rings. The molecule has 1 nitrogen and oxygen atoms in total. The number of alkyl halides is 3. The van der Waals surface area contributed by atoms with Gasteiger partial charge in [0.05, 0.1) is 16.3 Å². The molecule has 1 atom stereocenters. The van der Waals surface area contributed by atoms with Gasteiger partial charge in [0.2, 0.25) is 0 Å². The monoisotopic (exact) mass is 305 g/mol. The summed E-state index contributed by atoms with van der Waals surface area (Å²) < 4.78 is 38.3. The summed E-state index contributed by atoms with van der Waals surface area (Å²) in [5.74, 6) is 0. The van der Waals surface area contributed by atoms with E-state index in [4.69, 9.17) is 11.6 Å². The molecule has 0 aromatic heterocycles. The van der Waals surface area contributed by atoms with Crippen LogP contribution in [-0.4, -0.2) is 6.04 Å². The van der Waals surface area contributed by atoms with Crippen LogP contribution >= 0.6 is 11.6 Å². The van der Waals surface area contributed by atoms with Gasteiger partial charge >= 0.3 is 6.18 Å². The van der Waals surface area contributed by atoms with Crippen LogP contribution in [0.15, 0.2) is 18.2 Å². The fourth-order valence-electron chi connectivity index (χ4n) is 2.76. The van der Waals surface area contributed by atoms with Gasteiger partial charge in [-0.2, -0.15) is 13.2 Å². The first kappa shape index (κ1) is 15.5. The quantitative estimate of drug-likeness (QED) is 0.734. The molecule has 1 aromatic carbocycles. The van der Waals surface area contributed by atoms with Crippen molar-refractivity contribution in [3.63, 3.8) is 0 Å². The van der Waals surface area contributed by atoms with Crippen LogP contribution in [-0.2, 0) is 6.18 Å². The Bertz CT molecular complexity index is 482. The summed E-state index contributed by atoms with van der Waals surface area (Å²) in [5.41, 5.74) is -0.227. The van der Waals surface area contributed by atoms with Crippen molar-refractivity contribution in [2.24, 2.45) is 5.41 Å². The lowest BCUT2D eigenvalue weighted by atomic mass is 9.73. The highest BCUT2D eigenvalue weighted by Gasteiger charge is 2.34. The summed E-state index contributed by atoms with van der Waals surface area (Å²) in [6.07, 6.45) is -0.0525. The molecule has 20 heavy (non-hydrogen) atoms. The predicted octanol–water partition coefficient (Wildman–Crippen LogP) is 5.74. The molecule has 0 saturated heterocycles. The van der Waals surface area contributed by atoms with E-state index < -0.39 is 11.7 Å². The molecule has 1 aliphatic rings. The molecule has 0 aliphatic heterocycles. The van der Waals surface area contributed by atoms with Gasteiger partial charge in [0.1, 0.15) is 0 Å². The Hall–Kier alpha value is -0.900. The zero-order valence-electron chi connectivity index (χ0n) is 11.6. The third-order valence-electron chi connectivity index (χ3n) is 4.13. The fourth-order valence-corrected chi connectivity index (χ4v) is 2.93. The van der Waals surface area contributed by atoms with Crippen molar-refractivity contribution in [2.45, 2.75) is 51.7 Å². The van der Waals surface area contributed by atoms with Crippen LogP contribution in [0.2, 0.25) is 5.02 Å². The second-order valence-electron chi connectivity index (χ2n) is 6.12. The van der Waals surface area contributed by atoms with Crippen molar-refractivity contribution in [2.75, 3.05) is 5.32 Å². The van der Waals surface area contributed by atoms with Crippen LogP contribution in [0, 0.1) is 5.41 Å². The van der Waals surface area contributed by atoms with Gasteiger partial charge in [-0.1, -0.05) is 38.3 Å². The SMILES string of the molecule is CC1(C)CCCCC1Nc1cc(C(F)(F)F)ccc1Cl. The summed E-state index contributed by atoms with van der Waals surface area (Å²) in [6, 6.07) is 3.58. The predicted molar refractivity (Wildman–Crippen MR) is 76.1 cm³/mol. The van der Waals surface area contributed by atoms with E-state index in [0.29, 0.717) is 10.7 Å². The average molecular weight is 306 g/mol. The lowest BCUT2D eigenvalue weighted by molar-refractivity contribution is -0.137. The van der Waals surface area contributed by atoms with Crippen LogP contribution in [0.1, 0.15) is 45.1 Å². The smallest absolute Gasteiger partial charge is 0.381 e. The minimum Gasteiger partial charge on any atom is -0.381 e. The second-order valence-corrected chi connectivity index (χ2v) is 6.53. The van der Waals surface area contributed by atoms with Crippen molar-refractivity contribution >= 4 is 17.3 Å². The maximum absolute atomic E-state index is 12.8. The number of hydrogen-bond donors (Lipinski definition) is 1. The summed E-state index contributed by atoms with van der Waals surface area (Å²) >= 11 is 6.03. The highest BCUT2D eigenvalue weighted by Crippen LogP contribution is 2.39. The van der Waals surface area contributed by atoms with Crippen molar-refractivity contribution in [1.29, 1.82) is 0 Å². The first-order valence-electron chi connectivity index (χ1n) is 6.83. The molecule has 1 N–H and O–H groups in total. The van der Waals surface area contributed by atoms with E-state index in [1.165, 1.54) is 12.5 Å². The molecule has 1 aliphatic carbocycles. The first-order valence-corrected chi connectivity index (χ1v) is 7.21. The highest BCUT2D eigenvalue weighted by molar-refractivity contribution is 6.33. The van der Waals surface area contributed by atoms with E-state index in [-0.39, 0.29) is 11.5 Å². The van der Waals surface area contributed by atoms with Crippen LogP contribution in [0.3, 0.4) is 0 Å². The summed E-state index contributed by atoms with van der Waals surface area (Å²) in [6.45, 7) is 4.29. The third kappa shape index (κ3) is 3.40. The normalized spacial score (nSPS) is 22.6. The van der Waals surface area contributed by atoms with Gasteiger partial charge in [0.15, 0.2) is 0 Å². The highest BCUT2D eigenvalue weighted by atomic mass is 35.5. The lowest BCUT2D eigenvalue weighted by Gasteiger charge is -2.39. The van der Waals surface area contributed by atoms with E-state index in [9.17, 15) is 13.2 Å². The van der Waals surface area contributed by atoms with Crippen molar-refractivity contribution in [1.82, 2.24) is 0 Å². The van der Waals surface area contributed by atoms with E-state index in [1.807, 2.05) is 0 Å². The number of rotatable bonds is 2. The molecule has 1 saturated carbocycles. The van der Waals surface area contributed by atoms with Gasteiger partial charge < -0.3 is 5.32 Å². The zero-order valence-corrected chi connectivity index (χ0v) is 12.4. The van der Waals surface area contributed by atoms with E-state index in [0.717, 1.165) is 31.4 Å². The minimum absolute atomic E-state index is 0.0653. The van der Waals surface area contributed by atoms with Gasteiger partial charge in [0, 0.05) is 6.04 Å². The zero-order chi connectivity index (χ0) is 15.0. The minimum atomic E-state index is -4.34. The van der Waals surface area contributed by atoms with Crippen molar-refractivity contribution in [3.05, 3.63) is 28.8 Å². The number of benzene rings is 1. The molecule has 112 valence electrons. The lowest BCUT2D eigenvalue weighted by Crippen LogP contribution is -2.39. The van der Waals surface area contributed by atoms with E-state index in [2.05, 4.69) is 19.2 Å². The van der Waals surface area contributed by atoms with Gasteiger partial charge in [-0.15, -0.1) is 0 Å². The Kier molecular flexibility index (Phi) is 4.24. The Labute approximate surface area is 122 Å². The number of hydrogen-bond acceptors (Lipinski definition) is 1. The van der Waals surface area contributed by atoms with Crippen LogP contribution in [0.4, 0.5) is 18.9 Å². The van der Waals surface area contributed by atoms with Crippen LogP contribution in [0.25, 0.3) is 0 Å². The molecule has 0 radical (unpaired) electrons. The van der Waals surface area contributed by atoms with Gasteiger partial charge in [-0.05, 0) is 36.5 Å². The summed E-state index contributed by atoms with van der Waals surface area (Å²) in [5, 5.41) is 3.55. The van der Waals surface area contributed by atoms with Gasteiger partial charge in [-0.25, -0.2) is 0 Å². The molecule has 0 bridgehead atoms. The van der Waals surface area contributed by atoms with Crippen LogP contribution < -0.4 is 5.32 Å². The molecule has 0 spiro atoms. The van der Waals surface area contributed by atoms with Crippen molar-refractivity contribution in [3.8, 4) is 0 Å². The second kappa shape index (κ2) is 5.47. The van der Waals surface area contributed by atoms with Gasteiger partial charge in [-0.3, -0.25) is 0 Å². The van der Waals surface area contributed by atoms with Gasteiger partial charge in [0.25, 0.3) is 0 Å². The number of anilines is 1. The number of halogens is 4. The largest absolute Gasteiger partial charge is 0.416 e. The fraction of sp³-hybridized carbons (Fsp3) is 0.600. The Morgan fingerprint density at radius 2 is 1.95 bits per heavy atom. The summed E-state index contributed by atoms with van der Waals surface area (Å²) in [4.78, 5) is 0. The molecular weight excluding hydrogens is 287 g/mol. The Balaban J connectivity index is 2.24.